The molecule has 2 atom stereocenters. The summed E-state index contributed by atoms with van der Waals surface area (Å²) in [4.78, 5) is 24.5. The van der Waals surface area contributed by atoms with Crippen LogP contribution in [0.15, 0.2) is 18.2 Å². The summed E-state index contributed by atoms with van der Waals surface area (Å²) in [5.41, 5.74) is 0. The average molecular weight is 343 g/mol. The van der Waals surface area contributed by atoms with Gasteiger partial charge in [0.1, 0.15) is 29.6 Å². The van der Waals surface area contributed by atoms with Gasteiger partial charge in [-0.3, -0.25) is 9.59 Å². The van der Waals surface area contributed by atoms with Crippen LogP contribution in [0, 0.1) is 11.6 Å². The van der Waals surface area contributed by atoms with E-state index in [0.29, 0.717) is 13.0 Å². The van der Waals surface area contributed by atoms with E-state index in [9.17, 15) is 23.5 Å². The van der Waals surface area contributed by atoms with Crippen molar-refractivity contribution in [1.82, 2.24) is 4.90 Å². The Morgan fingerprint density at radius 3 is 2.50 bits per heavy atom. The van der Waals surface area contributed by atoms with E-state index in [1.54, 1.807) is 0 Å². The van der Waals surface area contributed by atoms with Crippen LogP contribution >= 0.6 is 0 Å². The van der Waals surface area contributed by atoms with Gasteiger partial charge in [-0.05, 0) is 0 Å². The van der Waals surface area contributed by atoms with Gasteiger partial charge in [0.15, 0.2) is 0 Å². The molecule has 132 valence electrons. The maximum Gasteiger partial charge on any atom is 0.306 e. The van der Waals surface area contributed by atoms with E-state index in [2.05, 4.69) is 4.74 Å². The molecule has 0 bridgehead atoms. The standard InChI is InChI=1S/C16H19F2NO5/c1-23-16(22)3-2-15(21)19-5-4-14(13(20)9-19)24-12-7-10(17)6-11(18)8-12/h6-8,13-14,20H,2-5,9H2,1H3/t13-,14-/m1/s1. The van der Waals surface area contributed by atoms with Crippen molar-refractivity contribution in [2.24, 2.45) is 0 Å². The minimum Gasteiger partial charge on any atom is -0.487 e. The number of benzene rings is 1. The highest BCUT2D eigenvalue weighted by molar-refractivity contribution is 5.81. The number of carbonyl (C=O) groups excluding carboxylic acids is 2. The normalized spacial score (nSPS) is 20.6. The zero-order valence-corrected chi connectivity index (χ0v) is 13.2. The molecule has 1 saturated heterocycles. The largest absolute Gasteiger partial charge is 0.487 e. The van der Waals surface area contributed by atoms with Crippen molar-refractivity contribution in [2.75, 3.05) is 20.2 Å². The highest BCUT2D eigenvalue weighted by Crippen LogP contribution is 2.22. The number of hydrogen-bond acceptors (Lipinski definition) is 5. The SMILES string of the molecule is COC(=O)CCC(=O)N1CC[C@@H](Oc2cc(F)cc(F)c2)[C@H](O)C1. The molecule has 1 amide bonds. The number of methoxy groups -OCH3 is 1. The van der Waals surface area contributed by atoms with Gasteiger partial charge in [0.25, 0.3) is 0 Å². The number of halogens is 2. The zero-order valence-electron chi connectivity index (χ0n) is 13.2. The average Bonchev–Trinajstić information content (AvgIpc) is 2.53. The van der Waals surface area contributed by atoms with Crippen LogP contribution in [0.25, 0.3) is 0 Å². The van der Waals surface area contributed by atoms with Crippen LogP contribution in [-0.2, 0) is 14.3 Å². The maximum absolute atomic E-state index is 13.2. The Morgan fingerprint density at radius 2 is 1.92 bits per heavy atom. The molecule has 1 aromatic rings. The molecule has 0 saturated carbocycles. The lowest BCUT2D eigenvalue weighted by molar-refractivity contribution is -0.145. The molecule has 8 heteroatoms. The van der Waals surface area contributed by atoms with E-state index in [0.717, 1.165) is 18.2 Å². The number of β-amino-alcohol motifs (C(OH)–C–C–N with tert-alkyl or cyclic N) is 1. The summed E-state index contributed by atoms with van der Waals surface area (Å²) in [5.74, 6) is -2.29. The van der Waals surface area contributed by atoms with E-state index in [-0.39, 0.29) is 31.0 Å². The predicted octanol–water partition coefficient (Wildman–Crippen LogP) is 1.26. The number of hydrogen-bond donors (Lipinski definition) is 1. The summed E-state index contributed by atoms with van der Waals surface area (Å²) >= 11 is 0. The van der Waals surface area contributed by atoms with Crippen LogP contribution in [0.3, 0.4) is 0 Å². The molecule has 6 nitrogen and oxygen atoms in total. The molecule has 0 radical (unpaired) electrons. The number of esters is 1. The second-order valence-corrected chi connectivity index (χ2v) is 5.53. The van der Waals surface area contributed by atoms with Gasteiger partial charge in [-0.2, -0.15) is 0 Å². The summed E-state index contributed by atoms with van der Waals surface area (Å²) < 4.78 is 36.2. The van der Waals surface area contributed by atoms with Crippen molar-refractivity contribution < 1.29 is 33.0 Å². The molecular formula is C16H19F2NO5. The molecule has 1 heterocycles. The van der Waals surface area contributed by atoms with E-state index in [1.807, 2.05) is 0 Å². The molecule has 1 aliphatic heterocycles. The Labute approximate surface area is 138 Å². The summed E-state index contributed by atoms with van der Waals surface area (Å²) in [5, 5.41) is 10.1. The summed E-state index contributed by atoms with van der Waals surface area (Å²) in [6, 6.07) is 2.79. The Kier molecular flexibility index (Phi) is 6.08. The Balaban J connectivity index is 1.88. The second-order valence-electron chi connectivity index (χ2n) is 5.53. The summed E-state index contributed by atoms with van der Waals surface area (Å²) in [7, 11) is 1.24. The lowest BCUT2D eigenvalue weighted by Gasteiger charge is -2.36. The van der Waals surface area contributed by atoms with Crippen LogP contribution in [-0.4, -0.2) is 54.3 Å². The number of piperidine rings is 1. The lowest BCUT2D eigenvalue weighted by Crippen LogP contribution is -2.51. The summed E-state index contributed by atoms with van der Waals surface area (Å²) in [6.45, 7) is 0.349. The van der Waals surface area contributed by atoms with E-state index < -0.39 is 29.8 Å². The van der Waals surface area contributed by atoms with Gasteiger partial charge in [-0.15, -0.1) is 0 Å². The number of aliphatic hydroxyl groups is 1. The highest BCUT2D eigenvalue weighted by Gasteiger charge is 2.31. The van der Waals surface area contributed by atoms with Crippen LogP contribution in [0.4, 0.5) is 8.78 Å². The van der Waals surface area contributed by atoms with Gasteiger partial charge in [0.2, 0.25) is 5.91 Å². The van der Waals surface area contributed by atoms with Crippen molar-refractivity contribution in [1.29, 1.82) is 0 Å². The number of rotatable bonds is 5. The van der Waals surface area contributed by atoms with Crippen molar-refractivity contribution in [2.45, 2.75) is 31.5 Å². The first-order valence-corrected chi connectivity index (χ1v) is 7.54. The number of aliphatic hydroxyl groups excluding tert-OH is 1. The van der Waals surface area contributed by atoms with E-state index in [1.165, 1.54) is 12.0 Å². The van der Waals surface area contributed by atoms with Crippen LogP contribution in [0.1, 0.15) is 19.3 Å². The molecule has 0 aliphatic carbocycles. The molecule has 2 rings (SSSR count). The Morgan fingerprint density at radius 1 is 1.25 bits per heavy atom. The Bertz CT molecular complexity index is 590. The van der Waals surface area contributed by atoms with Gasteiger partial charge in [-0.25, -0.2) is 8.78 Å². The third-order valence-electron chi connectivity index (χ3n) is 3.77. The number of likely N-dealkylation sites (tertiary alicyclic amines) is 1. The number of ether oxygens (including phenoxy) is 2. The molecule has 1 aliphatic rings. The predicted molar refractivity (Wildman–Crippen MR) is 79.2 cm³/mol. The summed E-state index contributed by atoms with van der Waals surface area (Å²) in [6.07, 6.45) is -1.38. The molecule has 24 heavy (non-hydrogen) atoms. The molecule has 1 N–H and O–H groups in total. The second kappa shape index (κ2) is 8.05. The van der Waals surface area contributed by atoms with Gasteiger partial charge >= 0.3 is 5.97 Å². The van der Waals surface area contributed by atoms with Crippen molar-refractivity contribution in [3.8, 4) is 5.75 Å². The Hall–Kier alpha value is -2.22. The first kappa shape index (κ1) is 18.1. The topological polar surface area (TPSA) is 76.1 Å². The van der Waals surface area contributed by atoms with Crippen molar-refractivity contribution in [3.63, 3.8) is 0 Å². The maximum atomic E-state index is 13.2. The fourth-order valence-electron chi connectivity index (χ4n) is 2.51. The third-order valence-corrected chi connectivity index (χ3v) is 3.77. The minimum atomic E-state index is -0.993. The van der Waals surface area contributed by atoms with E-state index >= 15 is 0 Å². The molecule has 0 unspecified atom stereocenters. The van der Waals surface area contributed by atoms with Crippen molar-refractivity contribution >= 4 is 11.9 Å². The molecule has 1 aromatic carbocycles. The van der Waals surface area contributed by atoms with Crippen LogP contribution in [0.2, 0.25) is 0 Å². The monoisotopic (exact) mass is 343 g/mol. The van der Waals surface area contributed by atoms with E-state index in [4.69, 9.17) is 4.74 Å². The number of amides is 1. The minimum absolute atomic E-state index is 0.0000247. The zero-order chi connectivity index (χ0) is 17.7. The first-order chi connectivity index (χ1) is 11.4. The van der Waals surface area contributed by atoms with Crippen LogP contribution < -0.4 is 4.74 Å². The molecular weight excluding hydrogens is 324 g/mol. The van der Waals surface area contributed by atoms with Gasteiger partial charge < -0.3 is 19.5 Å². The van der Waals surface area contributed by atoms with Gasteiger partial charge in [0.05, 0.1) is 20.1 Å². The quantitative estimate of drug-likeness (QED) is 0.815. The number of nitrogens with zero attached hydrogens (tertiary/aromatic N) is 1. The smallest absolute Gasteiger partial charge is 0.306 e. The highest BCUT2D eigenvalue weighted by atomic mass is 19.1. The first-order valence-electron chi connectivity index (χ1n) is 7.54. The lowest BCUT2D eigenvalue weighted by atomic mass is 10.0. The van der Waals surface area contributed by atoms with Gasteiger partial charge in [0, 0.05) is 37.6 Å². The fourth-order valence-corrected chi connectivity index (χ4v) is 2.51. The van der Waals surface area contributed by atoms with Gasteiger partial charge in [-0.1, -0.05) is 0 Å². The third kappa shape index (κ3) is 4.89. The number of carbonyl (C=O) groups is 2. The molecule has 0 aromatic heterocycles. The fraction of sp³-hybridized carbons (Fsp3) is 0.500. The molecule has 0 spiro atoms. The van der Waals surface area contributed by atoms with Crippen molar-refractivity contribution in [3.05, 3.63) is 29.8 Å². The molecule has 1 fully saturated rings. The van der Waals surface area contributed by atoms with Crippen LogP contribution in [0.5, 0.6) is 5.75 Å².